The lowest BCUT2D eigenvalue weighted by molar-refractivity contribution is -0.139. The van der Waals surface area contributed by atoms with Gasteiger partial charge in [0.2, 0.25) is 5.91 Å². The van der Waals surface area contributed by atoms with Crippen molar-refractivity contribution in [1.29, 1.82) is 0 Å². The Hall–Kier alpha value is -1.49. The summed E-state index contributed by atoms with van der Waals surface area (Å²) in [5.74, 6) is 1.91. The Morgan fingerprint density at radius 1 is 1.21 bits per heavy atom. The molecule has 1 aromatic rings. The van der Waals surface area contributed by atoms with Crippen LogP contribution in [0.3, 0.4) is 0 Å². The predicted octanol–water partition coefficient (Wildman–Crippen LogP) is 2.32. The number of carbonyl (C=O) groups is 1. The Labute approximate surface area is 144 Å². The van der Waals surface area contributed by atoms with Crippen molar-refractivity contribution in [3.05, 3.63) is 23.3 Å². The molecule has 1 aliphatic carbocycles. The second-order valence-electron chi connectivity index (χ2n) is 7.69. The van der Waals surface area contributed by atoms with Gasteiger partial charge in [0.25, 0.3) is 0 Å². The topological polar surface area (TPSA) is 49.3 Å². The van der Waals surface area contributed by atoms with Gasteiger partial charge < -0.3 is 4.90 Å². The highest BCUT2D eigenvalue weighted by Crippen LogP contribution is 2.35. The van der Waals surface area contributed by atoms with E-state index in [0.29, 0.717) is 18.5 Å². The third kappa shape index (κ3) is 3.18. The van der Waals surface area contributed by atoms with E-state index in [9.17, 15) is 4.79 Å². The van der Waals surface area contributed by atoms with Gasteiger partial charge in [-0.25, -0.2) is 9.97 Å². The van der Waals surface area contributed by atoms with E-state index < -0.39 is 0 Å². The fourth-order valence-corrected chi connectivity index (χ4v) is 4.81. The van der Waals surface area contributed by atoms with Crippen LogP contribution in [0.2, 0.25) is 0 Å². The Morgan fingerprint density at radius 3 is 2.96 bits per heavy atom. The minimum atomic E-state index is 0.334. The van der Waals surface area contributed by atoms with Gasteiger partial charge in [-0.2, -0.15) is 0 Å². The second kappa shape index (κ2) is 6.79. The van der Waals surface area contributed by atoms with Crippen molar-refractivity contribution in [3.8, 4) is 0 Å². The van der Waals surface area contributed by atoms with E-state index in [2.05, 4.69) is 19.8 Å². The number of nitrogens with zero attached hydrogens (tertiary/aromatic N) is 4. The number of piperidine rings is 1. The molecule has 1 saturated heterocycles. The number of hydrogen-bond acceptors (Lipinski definition) is 4. The third-order valence-electron chi connectivity index (χ3n) is 6.07. The van der Waals surface area contributed by atoms with Crippen LogP contribution in [-0.2, 0) is 17.8 Å². The first kappa shape index (κ1) is 16.0. The van der Waals surface area contributed by atoms with Crippen LogP contribution in [0.15, 0.2) is 6.20 Å². The average Bonchev–Trinajstić information content (AvgIpc) is 2.61. The van der Waals surface area contributed by atoms with Gasteiger partial charge in [0.05, 0.1) is 12.2 Å². The average molecular weight is 328 g/mol. The molecule has 3 aliphatic rings. The molecule has 0 radical (unpaired) electrons. The summed E-state index contributed by atoms with van der Waals surface area (Å²) in [5.41, 5.74) is 2.35. The molecule has 24 heavy (non-hydrogen) atoms. The van der Waals surface area contributed by atoms with Crippen molar-refractivity contribution in [2.75, 3.05) is 19.6 Å². The van der Waals surface area contributed by atoms with Gasteiger partial charge in [-0.3, -0.25) is 9.69 Å². The number of amides is 1. The number of likely N-dealkylation sites (tertiary alicyclic amines) is 1. The first-order chi connectivity index (χ1) is 11.7. The van der Waals surface area contributed by atoms with Crippen molar-refractivity contribution in [1.82, 2.24) is 19.8 Å². The van der Waals surface area contributed by atoms with E-state index >= 15 is 0 Å². The smallest absolute Gasteiger partial charge is 0.237 e. The molecule has 1 amide bonds. The Kier molecular flexibility index (Phi) is 4.53. The minimum absolute atomic E-state index is 0.334. The SMILES string of the molecule is Cc1ncc2c(n1)CN(CC(=O)N1CCC[C@@H]3CCCC[C@@H]31)CC2. The van der Waals surface area contributed by atoms with Gasteiger partial charge in [-0.15, -0.1) is 0 Å². The number of rotatable bonds is 2. The standard InChI is InChI=1S/C19H28N4O/c1-14-20-11-16-8-10-22(12-17(16)21-14)13-19(24)23-9-4-6-15-5-2-3-7-18(15)23/h11,15,18H,2-10,12-13H2,1H3/t15-,18-/m0/s1. The Balaban J connectivity index is 1.41. The van der Waals surface area contributed by atoms with Crippen molar-refractivity contribution < 1.29 is 4.79 Å². The van der Waals surface area contributed by atoms with Crippen LogP contribution in [0.4, 0.5) is 0 Å². The molecule has 0 N–H and O–H groups in total. The van der Waals surface area contributed by atoms with E-state index in [1.54, 1.807) is 0 Å². The van der Waals surface area contributed by atoms with Gasteiger partial charge in [0.15, 0.2) is 0 Å². The summed E-state index contributed by atoms with van der Waals surface area (Å²) in [6, 6.07) is 0.515. The zero-order chi connectivity index (χ0) is 16.5. The van der Waals surface area contributed by atoms with Crippen molar-refractivity contribution in [2.45, 2.75) is 64.5 Å². The van der Waals surface area contributed by atoms with E-state index in [4.69, 9.17) is 0 Å². The lowest BCUT2D eigenvalue weighted by Crippen LogP contribution is -2.52. The van der Waals surface area contributed by atoms with Crippen molar-refractivity contribution >= 4 is 5.91 Å². The van der Waals surface area contributed by atoms with Gasteiger partial charge >= 0.3 is 0 Å². The highest BCUT2D eigenvalue weighted by Gasteiger charge is 2.36. The number of carbonyl (C=O) groups excluding carboxylic acids is 1. The second-order valence-corrected chi connectivity index (χ2v) is 7.69. The Bertz CT molecular complexity index is 615. The maximum atomic E-state index is 13.0. The highest BCUT2D eigenvalue weighted by molar-refractivity contribution is 5.78. The van der Waals surface area contributed by atoms with Crippen molar-refractivity contribution in [3.63, 3.8) is 0 Å². The van der Waals surface area contributed by atoms with Crippen LogP contribution < -0.4 is 0 Å². The van der Waals surface area contributed by atoms with E-state index in [1.807, 2.05) is 13.1 Å². The molecule has 2 atom stereocenters. The zero-order valence-corrected chi connectivity index (χ0v) is 14.7. The molecule has 130 valence electrons. The summed E-state index contributed by atoms with van der Waals surface area (Å²) >= 11 is 0. The summed E-state index contributed by atoms with van der Waals surface area (Å²) < 4.78 is 0. The summed E-state index contributed by atoms with van der Waals surface area (Å²) in [4.78, 5) is 26.3. The number of aryl methyl sites for hydroxylation is 1. The summed E-state index contributed by atoms with van der Waals surface area (Å²) in [6.45, 7) is 5.16. The molecule has 0 bridgehead atoms. The fraction of sp³-hybridized carbons (Fsp3) is 0.737. The normalized spacial score (nSPS) is 27.5. The van der Waals surface area contributed by atoms with Gasteiger partial charge in [0.1, 0.15) is 5.82 Å². The molecule has 0 spiro atoms. The molecule has 1 saturated carbocycles. The molecule has 4 rings (SSSR count). The molecule has 5 nitrogen and oxygen atoms in total. The lowest BCUT2D eigenvalue weighted by Gasteiger charge is -2.44. The van der Waals surface area contributed by atoms with E-state index in [-0.39, 0.29) is 0 Å². The quantitative estimate of drug-likeness (QED) is 0.836. The lowest BCUT2D eigenvalue weighted by atomic mass is 9.78. The number of aromatic nitrogens is 2. The number of hydrogen-bond donors (Lipinski definition) is 0. The maximum absolute atomic E-state index is 13.0. The van der Waals surface area contributed by atoms with Crippen LogP contribution >= 0.6 is 0 Å². The molecular formula is C19H28N4O. The fourth-order valence-electron chi connectivity index (χ4n) is 4.81. The monoisotopic (exact) mass is 328 g/mol. The Morgan fingerprint density at radius 2 is 2.04 bits per heavy atom. The van der Waals surface area contributed by atoms with Gasteiger partial charge in [0, 0.05) is 31.9 Å². The van der Waals surface area contributed by atoms with Gasteiger partial charge in [-0.05, 0) is 50.5 Å². The van der Waals surface area contributed by atoms with E-state index in [1.165, 1.54) is 44.1 Å². The summed E-state index contributed by atoms with van der Waals surface area (Å²) in [5, 5.41) is 0. The van der Waals surface area contributed by atoms with Crippen molar-refractivity contribution in [2.24, 2.45) is 5.92 Å². The molecule has 0 unspecified atom stereocenters. The van der Waals surface area contributed by atoms with Crippen LogP contribution in [-0.4, -0.2) is 51.4 Å². The third-order valence-corrected chi connectivity index (χ3v) is 6.07. The maximum Gasteiger partial charge on any atom is 0.237 e. The molecule has 1 aromatic heterocycles. The first-order valence-corrected chi connectivity index (χ1v) is 9.54. The van der Waals surface area contributed by atoms with E-state index in [0.717, 1.165) is 43.5 Å². The molecular weight excluding hydrogens is 300 g/mol. The molecule has 2 aliphatic heterocycles. The van der Waals surface area contributed by atoms with Gasteiger partial charge in [-0.1, -0.05) is 12.8 Å². The largest absolute Gasteiger partial charge is 0.338 e. The van der Waals surface area contributed by atoms with Crippen LogP contribution in [0.5, 0.6) is 0 Å². The first-order valence-electron chi connectivity index (χ1n) is 9.54. The van der Waals surface area contributed by atoms with Crippen LogP contribution in [0, 0.1) is 12.8 Å². The minimum Gasteiger partial charge on any atom is -0.338 e. The molecule has 5 heteroatoms. The summed E-state index contributed by atoms with van der Waals surface area (Å²) in [6.07, 6.45) is 10.6. The molecule has 2 fully saturated rings. The zero-order valence-electron chi connectivity index (χ0n) is 14.7. The highest BCUT2D eigenvalue weighted by atomic mass is 16.2. The summed E-state index contributed by atoms with van der Waals surface area (Å²) in [7, 11) is 0. The molecule has 3 heterocycles. The van der Waals surface area contributed by atoms with Crippen LogP contribution in [0.1, 0.15) is 55.6 Å². The number of fused-ring (bicyclic) bond motifs is 2. The predicted molar refractivity (Wildman–Crippen MR) is 92.4 cm³/mol. The molecule has 0 aromatic carbocycles. The van der Waals surface area contributed by atoms with Crippen LogP contribution in [0.25, 0.3) is 0 Å².